The number of fused-ring (bicyclic) bond motifs is 1. The predicted molar refractivity (Wildman–Crippen MR) is 167 cm³/mol. The number of methoxy groups -OCH3 is 1. The molecule has 3 aromatic carbocycles. The molecule has 8 heteroatoms. The molecule has 3 atom stereocenters. The smallest absolute Gasteiger partial charge is 0.333 e. The van der Waals surface area contributed by atoms with Crippen LogP contribution in [0.2, 0.25) is 10.0 Å². The first kappa shape index (κ1) is 30.8. The van der Waals surface area contributed by atoms with Gasteiger partial charge in [-0.25, -0.2) is 4.79 Å². The van der Waals surface area contributed by atoms with Crippen LogP contribution in [0.25, 0.3) is 0 Å². The van der Waals surface area contributed by atoms with Crippen LogP contribution in [0.1, 0.15) is 45.9 Å². The minimum Gasteiger partial charge on any atom is -0.467 e. The molecule has 0 bridgehead atoms. The third kappa shape index (κ3) is 6.67. The molecule has 6 nitrogen and oxygen atoms in total. The molecule has 1 heterocycles. The van der Waals surface area contributed by atoms with Crippen molar-refractivity contribution in [3.8, 4) is 0 Å². The van der Waals surface area contributed by atoms with E-state index in [-0.39, 0.29) is 10.9 Å². The van der Waals surface area contributed by atoms with Gasteiger partial charge in [0.25, 0.3) is 5.91 Å². The van der Waals surface area contributed by atoms with E-state index in [0.29, 0.717) is 40.3 Å². The number of ether oxygens (including phenoxy) is 1. The number of halogens is 2. The SMILES string of the molecule is C=C(/C=C\C=C/C)[C@@H](C(=O)OC)N1C(=O)c2ccccc2C(C(=O)NCCc2ccccc2)C1c1ccc(Cl)cc1Cl. The number of amides is 2. The van der Waals surface area contributed by atoms with Crippen LogP contribution < -0.4 is 5.32 Å². The molecule has 0 saturated carbocycles. The van der Waals surface area contributed by atoms with Gasteiger partial charge in [-0.1, -0.05) is 109 Å². The van der Waals surface area contributed by atoms with Crippen molar-refractivity contribution in [3.63, 3.8) is 0 Å². The summed E-state index contributed by atoms with van der Waals surface area (Å²) in [5, 5.41) is 3.70. The maximum absolute atomic E-state index is 14.3. The maximum Gasteiger partial charge on any atom is 0.333 e. The van der Waals surface area contributed by atoms with Gasteiger partial charge in [-0.3, -0.25) is 9.59 Å². The van der Waals surface area contributed by atoms with Crippen LogP contribution in [0.15, 0.2) is 109 Å². The zero-order chi connectivity index (χ0) is 30.2. The lowest BCUT2D eigenvalue weighted by Crippen LogP contribution is -2.54. The molecule has 0 aromatic heterocycles. The number of carbonyl (C=O) groups excluding carboxylic acids is 3. The Kier molecular flexibility index (Phi) is 10.4. The van der Waals surface area contributed by atoms with Crippen LogP contribution in [0.4, 0.5) is 0 Å². The summed E-state index contributed by atoms with van der Waals surface area (Å²) >= 11 is 13.0. The van der Waals surface area contributed by atoms with E-state index in [2.05, 4.69) is 11.9 Å². The molecular weight excluding hydrogens is 571 g/mol. The van der Waals surface area contributed by atoms with Gasteiger partial charge in [0.2, 0.25) is 5.91 Å². The quantitative estimate of drug-likeness (QED) is 0.203. The van der Waals surface area contributed by atoms with Crippen LogP contribution in [-0.2, 0) is 20.7 Å². The number of rotatable bonds is 10. The summed E-state index contributed by atoms with van der Waals surface area (Å²) in [7, 11) is 1.25. The van der Waals surface area contributed by atoms with Crippen molar-refractivity contribution in [3.05, 3.63) is 142 Å². The number of hydrogen-bond acceptors (Lipinski definition) is 4. The average molecular weight is 604 g/mol. The van der Waals surface area contributed by atoms with Gasteiger partial charge in [-0.2, -0.15) is 0 Å². The monoisotopic (exact) mass is 602 g/mol. The summed E-state index contributed by atoms with van der Waals surface area (Å²) in [6.45, 7) is 6.34. The van der Waals surface area contributed by atoms with Gasteiger partial charge in [-0.15, -0.1) is 0 Å². The Morgan fingerprint density at radius 1 is 1.02 bits per heavy atom. The topological polar surface area (TPSA) is 75.7 Å². The van der Waals surface area contributed by atoms with Crippen molar-refractivity contribution in [2.45, 2.75) is 31.3 Å². The lowest BCUT2D eigenvalue weighted by atomic mass is 9.77. The van der Waals surface area contributed by atoms with Crippen LogP contribution in [-0.4, -0.2) is 42.4 Å². The van der Waals surface area contributed by atoms with Crippen molar-refractivity contribution in [2.24, 2.45) is 0 Å². The zero-order valence-electron chi connectivity index (χ0n) is 23.4. The third-order valence-corrected chi connectivity index (χ3v) is 7.73. The van der Waals surface area contributed by atoms with Gasteiger partial charge >= 0.3 is 5.97 Å². The van der Waals surface area contributed by atoms with E-state index in [1.165, 1.54) is 12.0 Å². The first-order valence-corrected chi connectivity index (χ1v) is 14.3. The second kappa shape index (κ2) is 14.2. The third-order valence-electron chi connectivity index (χ3n) is 7.16. The first-order valence-electron chi connectivity index (χ1n) is 13.5. The molecule has 1 N–H and O–H groups in total. The molecule has 0 radical (unpaired) electrons. The van der Waals surface area contributed by atoms with Crippen LogP contribution in [0.5, 0.6) is 0 Å². The first-order chi connectivity index (χ1) is 20.3. The van der Waals surface area contributed by atoms with Gasteiger partial charge in [0.05, 0.1) is 19.1 Å². The molecule has 216 valence electrons. The summed E-state index contributed by atoms with van der Waals surface area (Å²) in [6.07, 6.45) is 7.59. The van der Waals surface area contributed by atoms with E-state index in [9.17, 15) is 14.4 Å². The fourth-order valence-electron chi connectivity index (χ4n) is 5.21. The van der Waals surface area contributed by atoms with Crippen LogP contribution >= 0.6 is 23.2 Å². The fraction of sp³-hybridized carbons (Fsp3) is 0.206. The largest absolute Gasteiger partial charge is 0.467 e. The minimum absolute atomic E-state index is 0.255. The molecule has 0 spiro atoms. The lowest BCUT2D eigenvalue weighted by molar-refractivity contribution is -0.146. The highest BCUT2D eigenvalue weighted by atomic mass is 35.5. The Bertz CT molecular complexity index is 1530. The van der Waals surface area contributed by atoms with Crippen LogP contribution in [0, 0.1) is 0 Å². The minimum atomic E-state index is -1.24. The molecule has 0 aliphatic carbocycles. The molecule has 2 unspecified atom stereocenters. The summed E-state index contributed by atoms with van der Waals surface area (Å²) in [5.74, 6) is -2.37. The second-order valence-corrected chi connectivity index (χ2v) is 10.6. The number of nitrogens with zero attached hydrogens (tertiary/aromatic N) is 1. The van der Waals surface area contributed by atoms with Crippen LogP contribution in [0.3, 0.4) is 0 Å². The van der Waals surface area contributed by atoms with Gasteiger partial charge < -0.3 is 15.0 Å². The molecule has 2 amide bonds. The van der Waals surface area contributed by atoms with Gasteiger partial charge in [0, 0.05) is 22.2 Å². The fourth-order valence-corrected chi connectivity index (χ4v) is 5.73. The molecule has 1 aliphatic rings. The molecular formula is C34H32Cl2N2O4. The standard InChI is InChI=1S/C34H32Cl2N2O4/c1-4-5-7-12-22(2)30(34(41)42-3)38-31(27-18-17-24(35)21-28(27)36)29(25-15-10-11-16-26(25)33(38)40)32(39)37-20-19-23-13-8-6-9-14-23/h4-18,21,29-31H,2,19-20H2,1,3H3,(H,37,39)/b5-4-,12-7-/t29?,30-,31?/m0/s1. The Labute approximate surface area is 256 Å². The Morgan fingerprint density at radius 3 is 2.43 bits per heavy atom. The van der Waals surface area contributed by atoms with E-state index in [1.807, 2.05) is 43.3 Å². The number of carbonyl (C=O) groups is 3. The van der Waals surface area contributed by atoms with E-state index < -0.39 is 29.9 Å². The molecule has 4 rings (SSSR count). The number of allylic oxidation sites excluding steroid dienone is 3. The van der Waals surface area contributed by atoms with E-state index in [4.69, 9.17) is 27.9 Å². The molecule has 1 aliphatic heterocycles. The van der Waals surface area contributed by atoms with Crippen molar-refractivity contribution in [1.82, 2.24) is 10.2 Å². The number of hydrogen-bond donors (Lipinski definition) is 1. The normalized spacial score (nSPS) is 17.2. The van der Waals surface area contributed by atoms with Crippen molar-refractivity contribution in [1.29, 1.82) is 0 Å². The van der Waals surface area contributed by atoms with Crippen molar-refractivity contribution < 1.29 is 19.1 Å². The van der Waals surface area contributed by atoms with Gasteiger partial charge in [-0.05, 0) is 53.8 Å². The summed E-state index contributed by atoms with van der Waals surface area (Å²) in [6, 6.07) is 19.4. The molecule has 0 fully saturated rings. The Morgan fingerprint density at radius 2 is 1.74 bits per heavy atom. The number of benzene rings is 3. The van der Waals surface area contributed by atoms with E-state index >= 15 is 0 Å². The number of esters is 1. The van der Waals surface area contributed by atoms with Gasteiger partial charge in [0.15, 0.2) is 6.04 Å². The highest BCUT2D eigenvalue weighted by molar-refractivity contribution is 6.35. The summed E-state index contributed by atoms with van der Waals surface area (Å²) in [4.78, 5) is 43.2. The van der Waals surface area contributed by atoms with Crippen molar-refractivity contribution in [2.75, 3.05) is 13.7 Å². The van der Waals surface area contributed by atoms with Gasteiger partial charge in [0.1, 0.15) is 0 Å². The summed E-state index contributed by atoms with van der Waals surface area (Å²) in [5.41, 5.74) is 2.69. The lowest BCUT2D eigenvalue weighted by Gasteiger charge is -2.45. The second-order valence-electron chi connectivity index (χ2n) is 9.80. The molecule has 3 aromatic rings. The highest BCUT2D eigenvalue weighted by Crippen LogP contribution is 2.47. The highest BCUT2D eigenvalue weighted by Gasteiger charge is 2.49. The Hall–Kier alpha value is -4.13. The maximum atomic E-state index is 14.3. The van der Waals surface area contributed by atoms with E-state index in [1.54, 1.807) is 60.7 Å². The average Bonchev–Trinajstić information content (AvgIpc) is 2.99. The molecule has 0 saturated heterocycles. The Balaban J connectivity index is 1.87. The summed E-state index contributed by atoms with van der Waals surface area (Å²) < 4.78 is 5.17. The predicted octanol–water partition coefficient (Wildman–Crippen LogP) is 6.86. The van der Waals surface area contributed by atoms with Crippen molar-refractivity contribution >= 4 is 41.0 Å². The number of nitrogens with one attached hydrogen (secondary N) is 1. The zero-order valence-corrected chi connectivity index (χ0v) is 24.9. The molecule has 42 heavy (non-hydrogen) atoms. The van der Waals surface area contributed by atoms with E-state index in [0.717, 1.165) is 5.56 Å².